The number of benzene rings is 1. The van der Waals surface area contributed by atoms with Gasteiger partial charge in [-0.05, 0) is 31.2 Å². The molecule has 22 heavy (non-hydrogen) atoms. The number of nitrogens with zero attached hydrogens (tertiary/aromatic N) is 2. The summed E-state index contributed by atoms with van der Waals surface area (Å²) in [5, 5.41) is 7.40. The normalized spacial score (nSPS) is 11.1. The van der Waals surface area contributed by atoms with Gasteiger partial charge in [0.25, 0.3) is 5.88 Å². The number of carbonyl (C=O) groups excluding carboxylic acids is 1. The van der Waals surface area contributed by atoms with Crippen LogP contribution in [0.3, 0.4) is 0 Å². The predicted octanol–water partition coefficient (Wildman–Crippen LogP) is 3.38. The number of aromatic nitrogens is 2. The van der Waals surface area contributed by atoms with Crippen LogP contribution in [0.1, 0.15) is 21.6 Å². The van der Waals surface area contributed by atoms with Crippen LogP contribution >= 0.6 is 0 Å². The molecular weight excluding hydrogens is 301 g/mol. The minimum absolute atomic E-state index is 0.0209. The molecule has 1 aromatic carbocycles. The van der Waals surface area contributed by atoms with Crippen molar-refractivity contribution in [2.75, 3.05) is 7.11 Å². The van der Waals surface area contributed by atoms with Gasteiger partial charge in [-0.25, -0.2) is 4.79 Å². The first kappa shape index (κ1) is 15.7. The van der Waals surface area contributed by atoms with E-state index in [4.69, 9.17) is 4.74 Å². The molecule has 1 aromatic heterocycles. The van der Waals surface area contributed by atoms with E-state index in [0.29, 0.717) is 5.69 Å². The lowest BCUT2D eigenvalue weighted by molar-refractivity contribution is -0.137. The van der Waals surface area contributed by atoms with Gasteiger partial charge in [-0.2, -0.15) is 18.3 Å². The van der Waals surface area contributed by atoms with Crippen LogP contribution in [-0.2, 0) is 10.9 Å². The van der Waals surface area contributed by atoms with E-state index in [1.165, 1.54) is 25.3 Å². The summed E-state index contributed by atoms with van der Waals surface area (Å²) in [6.45, 7) is 1.60. The zero-order valence-electron chi connectivity index (χ0n) is 11.6. The number of hydrogen-bond donors (Lipinski definition) is 0. The molecule has 0 N–H and O–H groups in total. The van der Waals surface area contributed by atoms with Gasteiger partial charge >= 0.3 is 12.1 Å². The van der Waals surface area contributed by atoms with E-state index in [9.17, 15) is 18.0 Å². The van der Waals surface area contributed by atoms with E-state index >= 15 is 0 Å². The third-order valence-electron chi connectivity index (χ3n) is 2.66. The lowest BCUT2D eigenvalue weighted by Crippen LogP contribution is -2.08. The fourth-order valence-electron chi connectivity index (χ4n) is 1.66. The third kappa shape index (κ3) is 3.51. The summed E-state index contributed by atoms with van der Waals surface area (Å²) in [4.78, 5) is 11.7. The summed E-state index contributed by atoms with van der Waals surface area (Å²) >= 11 is 0. The number of aryl methyl sites for hydroxylation is 1. The fourth-order valence-corrected chi connectivity index (χ4v) is 1.66. The van der Waals surface area contributed by atoms with Crippen molar-refractivity contribution >= 4 is 5.97 Å². The van der Waals surface area contributed by atoms with Crippen LogP contribution in [0.15, 0.2) is 30.3 Å². The fraction of sp³-hybridized carbons (Fsp3) is 0.214. The van der Waals surface area contributed by atoms with Gasteiger partial charge in [0.05, 0.1) is 18.4 Å². The van der Waals surface area contributed by atoms with Crippen LogP contribution < -0.4 is 4.74 Å². The minimum atomic E-state index is -4.50. The van der Waals surface area contributed by atoms with Crippen LogP contribution in [0.4, 0.5) is 13.2 Å². The quantitative estimate of drug-likeness (QED) is 0.813. The second-order valence-electron chi connectivity index (χ2n) is 4.32. The van der Waals surface area contributed by atoms with Gasteiger partial charge in [0.1, 0.15) is 11.3 Å². The molecule has 0 saturated heterocycles. The van der Waals surface area contributed by atoms with Crippen LogP contribution in [-0.4, -0.2) is 23.3 Å². The Morgan fingerprint density at radius 1 is 1.18 bits per heavy atom. The molecule has 116 valence electrons. The molecule has 1 heterocycles. The van der Waals surface area contributed by atoms with Crippen molar-refractivity contribution in [1.82, 2.24) is 10.2 Å². The van der Waals surface area contributed by atoms with Gasteiger partial charge in [0, 0.05) is 0 Å². The molecule has 0 bridgehead atoms. The van der Waals surface area contributed by atoms with Crippen molar-refractivity contribution in [3.63, 3.8) is 0 Å². The lowest BCUT2D eigenvalue weighted by atomic mass is 10.2. The Labute approximate surface area is 123 Å². The molecule has 0 saturated carbocycles. The van der Waals surface area contributed by atoms with Crippen molar-refractivity contribution in [1.29, 1.82) is 0 Å². The first-order valence-corrected chi connectivity index (χ1v) is 6.09. The van der Waals surface area contributed by atoms with Crippen molar-refractivity contribution < 1.29 is 27.4 Å². The second kappa shape index (κ2) is 6.00. The summed E-state index contributed by atoms with van der Waals surface area (Å²) in [6.07, 6.45) is -4.50. The number of esters is 1. The molecule has 0 amide bonds. The van der Waals surface area contributed by atoms with Crippen molar-refractivity contribution in [2.24, 2.45) is 0 Å². The lowest BCUT2D eigenvalue weighted by Gasteiger charge is -2.11. The molecule has 0 atom stereocenters. The SMILES string of the molecule is COC(=O)c1cc(C)nnc1Oc1cccc(C(F)(F)F)c1. The van der Waals surface area contributed by atoms with Gasteiger partial charge in [0.2, 0.25) is 0 Å². The summed E-state index contributed by atoms with van der Waals surface area (Å²) in [6, 6.07) is 5.61. The monoisotopic (exact) mass is 312 g/mol. The van der Waals surface area contributed by atoms with Gasteiger partial charge < -0.3 is 9.47 Å². The minimum Gasteiger partial charge on any atom is -0.465 e. The summed E-state index contributed by atoms with van der Waals surface area (Å²) < 4.78 is 47.8. The Morgan fingerprint density at radius 3 is 2.55 bits per heavy atom. The number of carbonyl (C=O) groups is 1. The number of halogens is 3. The Morgan fingerprint density at radius 2 is 1.91 bits per heavy atom. The van der Waals surface area contributed by atoms with E-state index in [-0.39, 0.29) is 17.2 Å². The molecule has 0 fully saturated rings. The summed E-state index contributed by atoms with van der Waals surface area (Å²) in [5.74, 6) is -1.06. The number of alkyl halides is 3. The van der Waals surface area contributed by atoms with Gasteiger partial charge in [0.15, 0.2) is 0 Å². The first-order chi connectivity index (χ1) is 10.3. The summed E-state index contributed by atoms with van der Waals surface area (Å²) in [7, 11) is 1.17. The molecule has 0 spiro atoms. The van der Waals surface area contributed by atoms with Gasteiger partial charge in [-0.3, -0.25) is 0 Å². The highest BCUT2D eigenvalue weighted by atomic mass is 19.4. The van der Waals surface area contributed by atoms with E-state index in [1.54, 1.807) is 6.92 Å². The van der Waals surface area contributed by atoms with Crippen LogP contribution in [0.25, 0.3) is 0 Å². The maximum Gasteiger partial charge on any atom is 0.416 e. The molecular formula is C14H11F3N2O3. The average Bonchev–Trinajstić information content (AvgIpc) is 2.47. The molecule has 0 unspecified atom stereocenters. The van der Waals surface area contributed by atoms with E-state index in [2.05, 4.69) is 14.9 Å². The van der Waals surface area contributed by atoms with E-state index in [0.717, 1.165) is 12.1 Å². The molecule has 8 heteroatoms. The van der Waals surface area contributed by atoms with E-state index < -0.39 is 17.7 Å². The number of methoxy groups -OCH3 is 1. The molecule has 0 aliphatic rings. The largest absolute Gasteiger partial charge is 0.465 e. The molecule has 2 aromatic rings. The highest BCUT2D eigenvalue weighted by Crippen LogP contribution is 2.32. The molecule has 0 radical (unpaired) electrons. The first-order valence-electron chi connectivity index (χ1n) is 6.09. The maximum absolute atomic E-state index is 12.7. The zero-order valence-corrected chi connectivity index (χ0v) is 11.6. The molecule has 0 aliphatic carbocycles. The van der Waals surface area contributed by atoms with Crippen LogP contribution in [0.5, 0.6) is 11.6 Å². The average molecular weight is 312 g/mol. The van der Waals surface area contributed by atoms with E-state index in [1.807, 2.05) is 0 Å². The van der Waals surface area contributed by atoms with Crippen LogP contribution in [0.2, 0.25) is 0 Å². The zero-order chi connectivity index (χ0) is 16.3. The highest BCUT2D eigenvalue weighted by Gasteiger charge is 2.30. The molecule has 2 rings (SSSR count). The highest BCUT2D eigenvalue weighted by molar-refractivity contribution is 5.91. The molecule has 0 aliphatic heterocycles. The smallest absolute Gasteiger partial charge is 0.416 e. The Hall–Kier alpha value is -2.64. The molecule has 5 nitrogen and oxygen atoms in total. The predicted molar refractivity (Wildman–Crippen MR) is 69.6 cm³/mol. The number of hydrogen-bond acceptors (Lipinski definition) is 5. The van der Waals surface area contributed by atoms with Gasteiger partial charge in [-0.15, -0.1) is 5.10 Å². The van der Waals surface area contributed by atoms with Crippen molar-refractivity contribution in [3.8, 4) is 11.6 Å². The number of rotatable bonds is 3. The topological polar surface area (TPSA) is 61.3 Å². The summed E-state index contributed by atoms with van der Waals surface area (Å²) in [5.41, 5.74) is -0.450. The van der Waals surface area contributed by atoms with Crippen molar-refractivity contribution in [3.05, 3.63) is 47.2 Å². The Balaban J connectivity index is 2.37. The second-order valence-corrected chi connectivity index (χ2v) is 4.32. The van der Waals surface area contributed by atoms with Crippen molar-refractivity contribution in [2.45, 2.75) is 13.1 Å². The van der Waals surface area contributed by atoms with Gasteiger partial charge in [-0.1, -0.05) is 6.07 Å². The van der Waals surface area contributed by atoms with Crippen LogP contribution in [0, 0.1) is 6.92 Å². The Bertz CT molecular complexity index is 702. The number of ether oxygens (including phenoxy) is 2. The third-order valence-corrected chi connectivity index (χ3v) is 2.66. The Kier molecular flexibility index (Phi) is 4.30. The maximum atomic E-state index is 12.7. The standard InChI is InChI=1S/C14H11F3N2O3/c1-8-6-11(13(20)21-2)12(19-18-8)22-10-5-3-4-9(7-10)14(15,16)17/h3-7H,1-2H3.